The molecule has 6 nitrogen and oxygen atoms in total. The van der Waals surface area contributed by atoms with Crippen LogP contribution in [-0.2, 0) is 4.79 Å². The summed E-state index contributed by atoms with van der Waals surface area (Å²) in [7, 11) is 2.14. The van der Waals surface area contributed by atoms with Crippen molar-refractivity contribution in [2.24, 2.45) is 0 Å². The molecule has 1 saturated heterocycles. The Morgan fingerprint density at radius 3 is 2.64 bits per heavy atom. The number of rotatable bonds is 3. The van der Waals surface area contributed by atoms with Crippen molar-refractivity contribution in [3.05, 3.63) is 47.5 Å². The monoisotopic (exact) mass is 396 g/mol. The van der Waals surface area contributed by atoms with Gasteiger partial charge in [-0.1, -0.05) is 0 Å². The van der Waals surface area contributed by atoms with Crippen LogP contribution >= 0.6 is 11.8 Å². The van der Waals surface area contributed by atoms with E-state index in [1.54, 1.807) is 12.1 Å². The zero-order chi connectivity index (χ0) is 19.7. The molecular formula is C21H24N4O2S. The molecule has 2 N–H and O–H groups in total. The lowest BCUT2D eigenvalue weighted by Crippen LogP contribution is -2.44. The predicted molar refractivity (Wildman–Crippen MR) is 115 cm³/mol. The second-order valence-corrected chi connectivity index (χ2v) is 8.31. The minimum absolute atomic E-state index is 0.0367. The van der Waals surface area contributed by atoms with E-state index in [1.807, 2.05) is 19.1 Å². The Balaban J connectivity index is 1.47. The lowest BCUT2D eigenvalue weighted by Gasteiger charge is -2.34. The molecule has 2 aromatic rings. The highest BCUT2D eigenvalue weighted by molar-refractivity contribution is 8.00. The molecule has 7 heteroatoms. The number of nitrogens with zero attached hydrogens (tertiary/aromatic N) is 2. The fourth-order valence-electron chi connectivity index (χ4n) is 3.47. The molecule has 1 fully saturated rings. The molecular weight excluding hydrogens is 372 g/mol. The third-order valence-corrected chi connectivity index (χ3v) is 6.27. The summed E-state index contributed by atoms with van der Waals surface area (Å²) < 4.78 is 0. The van der Waals surface area contributed by atoms with Gasteiger partial charge in [0.15, 0.2) is 0 Å². The molecule has 146 valence electrons. The largest absolute Gasteiger partial charge is 0.369 e. The van der Waals surface area contributed by atoms with E-state index in [9.17, 15) is 9.59 Å². The molecule has 0 atom stereocenters. The molecule has 0 saturated carbocycles. The summed E-state index contributed by atoms with van der Waals surface area (Å²) in [4.78, 5) is 30.0. The third kappa shape index (κ3) is 4.00. The summed E-state index contributed by atoms with van der Waals surface area (Å²) in [5.74, 6) is 0.200. The van der Waals surface area contributed by atoms with Crippen molar-refractivity contribution in [1.29, 1.82) is 0 Å². The van der Waals surface area contributed by atoms with Gasteiger partial charge >= 0.3 is 0 Å². The summed E-state index contributed by atoms with van der Waals surface area (Å²) in [6.07, 6.45) is 0. The Morgan fingerprint density at radius 1 is 1.11 bits per heavy atom. The van der Waals surface area contributed by atoms with Crippen molar-refractivity contribution in [2.75, 3.05) is 54.5 Å². The number of aryl methyl sites for hydroxylation is 1. The van der Waals surface area contributed by atoms with Crippen molar-refractivity contribution >= 4 is 40.6 Å². The number of likely N-dealkylation sites (N-methyl/N-ethyl adjacent to an activating group) is 1. The first kappa shape index (κ1) is 18.8. The SMILES string of the molecule is Cc1cc(N2CCN(C)CC2)ccc1NC(=O)c1ccc2c(c1)NC(=O)CS2. The molecule has 0 bridgehead atoms. The molecule has 0 unspecified atom stereocenters. The number of piperazine rings is 1. The minimum Gasteiger partial charge on any atom is -0.369 e. The van der Waals surface area contributed by atoms with Gasteiger partial charge in [0.1, 0.15) is 0 Å². The fourth-order valence-corrected chi connectivity index (χ4v) is 4.26. The number of hydrogen-bond acceptors (Lipinski definition) is 5. The number of benzene rings is 2. The maximum absolute atomic E-state index is 12.7. The average Bonchev–Trinajstić information content (AvgIpc) is 2.69. The van der Waals surface area contributed by atoms with E-state index in [0.29, 0.717) is 17.0 Å². The summed E-state index contributed by atoms with van der Waals surface area (Å²) in [5, 5.41) is 5.83. The number of nitrogens with one attached hydrogen (secondary N) is 2. The van der Waals surface area contributed by atoms with Gasteiger partial charge < -0.3 is 20.4 Å². The van der Waals surface area contributed by atoms with E-state index in [0.717, 1.165) is 42.3 Å². The van der Waals surface area contributed by atoms with Crippen LogP contribution in [0.15, 0.2) is 41.3 Å². The van der Waals surface area contributed by atoms with Crippen LogP contribution in [-0.4, -0.2) is 55.7 Å². The molecule has 0 spiro atoms. The van der Waals surface area contributed by atoms with Gasteiger partial charge in [0.25, 0.3) is 5.91 Å². The highest BCUT2D eigenvalue weighted by atomic mass is 32.2. The number of thioether (sulfide) groups is 1. The number of carbonyl (C=O) groups is 2. The van der Waals surface area contributed by atoms with Crippen LogP contribution in [0.4, 0.5) is 17.1 Å². The van der Waals surface area contributed by atoms with Gasteiger partial charge in [0, 0.05) is 48.0 Å². The third-order valence-electron chi connectivity index (χ3n) is 5.20. The Labute approximate surface area is 169 Å². The first-order valence-electron chi connectivity index (χ1n) is 9.42. The number of hydrogen-bond donors (Lipinski definition) is 2. The van der Waals surface area contributed by atoms with Crippen LogP contribution in [0.25, 0.3) is 0 Å². The number of fused-ring (bicyclic) bond motifs is 1. The maximum atomic E-state index is 12.7. The Morgan fingerprint density at radius 2 is 1.89 bits per heavy atom. The molecule has 0 radical (unpaired) electrons. The van der Waals surface area contributed by atoms with Gasteiger partial charge in [0.05, 0.1) is 11.4 Å². The summed E-state index contributed by atoms with van der Waals surface area (Å²) in [6.45, 7) is 6.16. The number of anilines is 3. The van der Waals surface area contributed by atoms with Gasteiger partial charge in [-0.05, 0) is 55.9 Å². The van der Waals surface area contributed by atoms with E-state index in [1.165, 1.54) is 17.4 Å². The van der Waals surface area contributed by atoms with Crippen molar-refractivity contribution in [3.63, 3.8) is 0 Å². The van der Waals surface area contributed by atoms with Gasteiger partial charge in [-0.3, -0.25) is 9.59 Å². The zero-order valence-electron chi connectivity index (χ0n) is 16.1. The second-order valence-electron chi connectivity index (χ2n) is 7.29. The van der Waals surface area contributed by atoms with Crippen molar-refractivity contribution < 1.29 is 9.59 Å². The standard InChI is InChI=1S/C21H24N4O2S/c1-14-11-16(25-9-7-24(2)8-10-25)4-5-17(14)23-21(27)15-3-6-19-18(12-15)22-20(26)13-28-19/h3-6,11-12H,7-10,13H2,1-2H3,(H,22,26)(H,23,27). The molecule has 0 aliphatic carbocycles. The molecule has 0 aromatic heterocycles. The number of carbonyl (C=O) groups excluding carboxylic acids is 2. The Hall–Kier alpha value is -2.51. The minimum atomic E-state index is -0.178. The normalized spacial score (nSPS) is 17.1. The molecule has 28 heavy (non-hydrogen) atoms. The summed E-state index contributed by atoms with van der Waals surface area (Å²) in [6, 6.07) is 11.6. The summed E-state index contributed by atoms with van der Waals surface area (Å²) >= 11 is 1.49. The van der Waals surface area contributed by atoms with E-state index >= 15 is 0 Å². The van der Waals surface area contributed by atoms with Gasteiger partial charge in [-0.25, -0.2) is 0 Å². The van der Waals surface area contributed by atoms with Crippen molar-refractivity contribution in [2.45, 2.75) is 11.8 Å². The van der Waals surface area contributed by atoms with Crippen LogP contribution in [0, 0.1) is 6.92 Å². The smallest absolute Gasteiger partial charge is 0.255 e. The first-order chi connectivity index (χ1) is 13.5. The Bertz CT molecular complexity index is 923. The lowest BCUT2D eigenvalue weighted by molar-refractivity contribution is -0.113. The van der Waals surface area contributed by atoms with Crippen LogP contribution in [0.5, 0.6) is 0 Å². The Kier molecular flexibility index (Phi) is 5.28. The molecule has 2 aromatic carbocycles. The van der Waals surface area contributed by atoms with E-state index in [4.69, 9.17) is 0 Å². The molecule has 2 aliphatic rings. The quantitative estimate of drug-likeness (QED) is 0.835. The topological polar surface area (TPSA) is 64.7 Å². The van der Waals surface area contributed by atoms with Gasteiger partial charge in [-0.15, -0.1) is 11.8 Å². The molecule has 4 rings (SSSR count). The van der Waals surface area contributed by atoms with Crippen LogP contribution < -0.4 is 15.5 Å². The van der Waals surface area contributed by atoms with Crippen molar-refractivity contribution in [3.8, 4) is 0 Å². The fraction of sp³-hybridized carbons (Fsp3) is 0.333. The lowest BCUT2D eigenvalue weighted by atomic mass is 10.1. The van der Waals surface area contributed by atoms with Crippen LogP contribution in [0.1, 0.15) is 15.9 Å². The molecule has 2 aliphatic heterocycles. The zero-order valence-corrected chi connectivity index (χ0v) is 16.9. The highest BCUT2D eigenvalue weighted by Crippen LogP contribution is 2.32. The first-order valence-corrected chi connectivity index (χ1v) is 10.4. The molecule has 2 amide bonds. The van der Waals surface area contributed by atoms with E-state index in [-0.39, 0.29) is 11.8 Å². The number of amides is 2. The maximum Gasteiger partial charge on any atom is 0.255 e. The average molecular weight is 397 g/mol. The van der Waals surface area contributed by atoms with Crippen molar-refractivity contribution in [1.82, 2.24) is 4.90 Å². The van der Waals surface area contributed by atoms with Gasteiger partial charge in [0.2, 0.25) is 5.91 Å². The second kappa shape index (κ2) is 7.85. The van der Waals surface area contributed by atoms with Crippen LogP contribution in [0.3, 0.4) is 0 Å². The summed E-state index contributed by atoms with van der Waals surface area (Å²) in [5.41, 5.74) is 4.27. The van der Waals surface area contributed by atoms with E-state index in [2.05, 4.69) is 39.6 Å². The van der Waals surface area contributed by atoms with Gasteiger partial charge in [-0.2, -0.15) is 0 Å². The van der Waals surface area contributed by atoms with E-state index < -0.39 is 0 Å². The molecule has 2 heterocycles. The van der Waals surface area contributed by atoms with Crippen LogP contribution in [0.2, 0.25) is 0 Å². The highest BCUT2D eigenvalue weighted by Gasteiger charge is 2.18. The predicted octanol–water partition coefficient (Wildman–Crippen LogP) is 3.04.